The van der Waals surface area contributed by atoms with E-state index in [-0.39, 0.29) is 53.1 Å². The lowest BCUT2D eigenvalue weighted by Crippen LogP contribution is -2.83. The number of aromatic hydroxyl groups is 1. The lowest BCUT2D eigenvalue weighted by molar-refractivity contribution is -0.142. The van der Waals surface area contributed by atoms with Crippen LogP contribution in [0.4, 0.5) is 17.1 Å². The van der Waals surface area contributed by atoms with Gasteiger partial charge in [0.15, 0.2) is 0 Å². The first-order valence-corrected chi connectivity index (χ1v) is 18.3. The van der Waals surface area contributed by atoms with Gasteiger partial charge >= 0.3 is 0 Å². The number of aryl methyl sites for hydroxylation is 2. The number of para-hydroxylation sites is 1. The molecular formula is C41H48N6O5. The minimum Gasteiger partial charge on any atom is -0.508 e. The van der Waals surface area contributed by atoms with Gasteiger partial charge < -0.3 is 35.8 Å². The lowest BCUT2D eigenvalue weighted by Gasteiger charge is -2.70. The van der Waals surface area contributed by atoms with E-state index in [4.69, 9.17) is 4.52 Å². The number of carbonyl (C=O) groups excluding carboxylic acids is 3. The molecule has 0 saturated heterocycles. The fourth-order valence-electron chi connectivity index (χ4n) is 8.55. The second kappa shape index (κ2) is 14.1. The summed E-state index contributed by atoms with van der Waals surface area (Å²) in [6, 6.07) is 21.4. The van der Waals surface area contributed by atoms with Gasteiger partial charge in [0, 0.05) is 65.6 Å². The summed E-state index contributed by atoms with van der Waals surface area (Å²) in [5.74, 6) is 0.905. The molecule has 1 aliphatic heterocycles. The van der Waals surface area contributed by atoms with Crippen molar-refractivity contribution in [1.29, 1.82) is 0 Å². The van der Waals surface area contributed by atoms with E-state index < -0.39 is 0 Å². The molecule has 8 rings (SSSR count). The van der Waals surface area contributed by atoms with Gasteiger partial charge in [-0.2, -0.15) is 0 Å². The van der Waals surface area contributed by atoms with Crippen molar-refractivity contribution in [2.24, 2.45) is 0 Å². The number of hydrogen-bond acceptors (Lipinski definition) is 8. The number of rotatable bonds is 13. The Kier molecular flexibility index (Phi) is 9.56. The third-order valence-electron chi connectivity index (χ3n) is 10.9. The van der Waals surface area contributed by atoms with Crippen molar-refractivity contribution < 1.29 is 24.0 Å². The number of nitrogens with zero attached hydrogens (tertiary/aromatic N) is 2. The highest BCUT2D eigenvalue weighted by atomic mass is 16.5. The summed E-state index contributed by atoms with van der Waals surface area (Å²) in [6.07, 6.45) is 4.90. The predicted molar refractivity (Wildman–Crippen MR) is 201 cm³/mol. The highest BCUT2D eigenvalue weighted by molar-refractivity contribution is 5.95. The van der Waals surface area contributed by atoms with Gasteiger partial charge in [-0.1, -0.05) is 30.3 Å². The van der Waals surface area contributed by atoms with E-state index in [0.29, 0.717) is 31.5 Å². The zero-order valence-electron chi connectivity index (χ0n) is 30.3. The lowest BCUT2D eigenvalue weighted by atomic mass is 9.44. The largest absolute Gasteiger partial charge is 0.508 e. The highest BCUT2D eigenvalue weighted by Crippen LogP contribution is 2.60. The fraction of sp³-hybridized carbons (Fsp3) is 0.415. The van der Waals surface area contributed by atoms with E-state index in [9.17, 15) is 19.5 Å². The molecule has 2 heterocycles. The Balaban J connectivity index is 0.823. The number of nitrogens with one attached hydrogen (secondary N) is 4. The normalized spacial score (nSPS) is 22.8. The maximum absolute atomic E-state index is 12.8. The zero-order valence-corrected chi connectivity index (χ0v) is 30.3. The van der Waals surface area contributed by atoms with Crippen LogP contribution in [0.25, 0.3) is 11.1 Å². The van der Waals surface area contributed by atoms with Crippen LogP contribution in [0.1, 0.15) is 93.8 Å². The van der Waals surface area contributed by atoms with Crippen LogP contribution in [-0.4, -0.2) is 45.1 Å². The standard InChI is InChI=1S/C41H48N6O5/c1-5-38(51)47-25(2)17-34(33-9-6-7-10-35(33)47)43-30-13-15-31(16-14-30)44-36(49)11-8-12-37(50)45-41-22-40(23-41,24-41)42-21-28-18-29(20-32(48)19-28)39-26(3)46-52-27(39)4/h6-7,9-10,13-16,18-20,25,34,42-43,48H,5,8,11-12,17,21-24H2,1-4H3,(H,44,49)(H,45,50)/t25-,34+,40?,41?/m0/s1. The van der Waals surface area contributed by atoms with Crippen molar-refractivity contribution in [2.75, 3.05) is 15.5 Å². The molecule has 3 aliphatic carbocycles. The van der Waals surface area contributed by atoms with Gasteiger partial charge in [-0.15, -0.1) is 0 Å². The summed E-state index contributed by atoms with van der Waals surface area (Å²) in [6.45, 7) is 8.35. The summed E-state index contributed by atoms with van der Waals surface area (Å²) in [5.41, 5.74) is 7.08. The summed E-state index contributed by atoms with van der Waals surface area (Å²) < 4.78 is 5.31. The Hall–Kier alpha value is -5.16. The van der Waals surface area contributed by atoms with Gasteiger partial charge in [0.05, 0.1) is 11.7 Å². The van der Waals surface area contributed by atoms with Crippen LogP contribution < -0.4 is 26.2 Å². The summed E-state index contributed by atoms with van der Waals surface area (Å²) in [4.78, 5) is 40.0. The average Bonchev–Trinajstić information content (AvgIpc) is 3.42. The third kappa shape index (κ3) is 7.14. The first kappa shape index (κ1) is 35.3. The molecule has 3 saturated carbocycles. The minimum absolute atomic E-state index is 0.00246. The van der Waals surface area contributed by atoms with Crippen LogP contribution in [0.3, 0.4) is 0 Å². The number of fused-ring (bicyclic) bond motifs is 1. The smallest absolute Gasteiger partial charge is 0.226 e. The summed E-state index contributed by atoms with van der Waals surface area (Å²) in [7, 11) is 0. The molecule has 2 atom stereocenters. The molecule has 1 aromatic heterocycles. The number of phenolic OH excluding ortho intramolecular Hbond substituents is 1. The van der Waals surface area contributed by atoms with Crippen LogP contribution in [-0.2, 0) is 20.9 Å². The van der Waals surface area contributed by atoms with E-state index >= 15 is 0 Å². The molecular weight excluding hydrogens is 656 g/mol. The number of phenols is 1. The molecule has 3 amide bonds. The number of benzene rings is 3. The predicted octanol–water partition coefficient (Wildman–Crippen LogP) is 7.04. The fourth-order valence-corrected chi connectivity index (χ4v) is 8.55. The molecule has 3 aromatic carbocycles. The van der Waals surface area contributed by atoms with Crippen LogP contribution in [0.5, 0.6) is 5.75 Å². The Morgan fingerprint density at radius 2 is 1.65 bits per heavy atom. The molecule has 5 N–H and O–H groups in total. The van der Waals surface area contributed by atoms with Crippen molar-refractivity contribution in [1.82, 2.24) is 15.8 Å². The topological polar surface area (TPSA) is 149 Å². The molecule has 272 valence electrons. The number of amides is 3. The summed E-state index contributed by atoms with van der Waals surface area (Å²) >= 11 is 0. The molecule has 52 heavy (non-hydrogen) atoms. The number of aromatic nitrogens is 1. The molecule has 11 nitrogen and oxygen atoms in total. The van der Waals surface area contributed by atoms with Gasteiger partial charge in [-0.25, -0.2) is 0 Å². The van der Waals surface area contributed by atoms with Crippen LogP contribution in [0, 0.1) is 13.8 Å². The molecule has 2 bridgehead atoms. The molecule has 4 aromatic rings. The minimum atomic E-state index is -0.160. The van der Waals surface area contributed by atoms with E-state index in [0.717, 1.165) is 70.8 Å². The zero-order chi connectivity index (χ0) is 36.6. The van der Waals surface area contributed by atoms with Gasteiger partial charge in [-0.05, 0) is 118 Å². The van der Waals surface area contributed by atoms with E-state index in [1.807, 2.05) is 68.1 Å². The van der Waals surface area contributed by atoms with Crippen molar-refractivity contribution >= 4 is 34.8 Å². The third-order valence-corrected chi connectivity index (χ3v) is 10.9. The number of anilines is 3. The molecule has 3 fully saturated rings. The number of carbonyl (C=O) groups is 3. The van der Waals surface area contributed by atoms with Crippen LogP contribution in [0.2, 0.25) is 0 Å². The van der Waals surface area contributed by atoms with Gasteiger partial charge in [-0.3, -0.25) is 14.4 Å². The highest BCUT2D eigenvalue weighted by Gasteiger charge is 2.68. The summed E-state index contributed by atoms with van der Waals surface area (Å²) in [5, 5.41) is 27.8. The van der Waals surface area contributed by atoms with E-state index in [2.05, 4.69) is 45.5 Å². The Labute approximate surface area is 304 Å². The Morgan fingerprint density at radius 1 is 0.942 bits per heavy atom. The van der Waals surface area contributed by atoms with Crippen LogP contribution >= 0.6 is 0 Å². The van der Waals surface area contributed by atoms with Gasteiger partial charge in [0.1, 0.15) is 11.5 Å². The Morgan fingerprint density at radius 3 is 2.37 bits per heavy atom. The number of hydrogen-bond donors (Lipinski definition) is 5. The van der Waals surface area contributed by atoms with Gasteiger partial charge in [0.2, 0.25) is 17.7 Å². The maximum Gasteiger partial charge on any atom is 0.226 e. The second-order valence-electron chi connectivity index (χ2n) is 15.0. The molecule has 0 spiro atoms. The van der Waals surface area contributed by atoms with Crippen molar-refractivity contribution in [3.63, 3.8) is 0 Å². The quantitative estimate of drug-likeness (QED) is 0.0995. The van der Waals surface area contributed by atoms with Crippen molar-refractivity contribution in [2.45, 2.75) is 109 Å². The van der Waals surface area contributed by atoms with Crippen LogP contribution in [0.15, 0.2) is 71.3 Å². The average molecular weight is 705 g/mol. The van der Waals surface area contributed by atoms with Crippen molar-refractivity contribution in [3.05, 3.63) is 89.3 Å². The maximum atomic E-state index is 12.8. The Bertz CT molecular complexity index is 1950. The van der Waals surface area contributed by atoms with E-state index in [1.54, 1.807) is 12.1 Å². The molecule has 0 radical (unpaired) electrons. The molecule has 4 aliphatic rings. The monoisotopic (exact) mass is 704 g/mol. The molecule has 11 heteroatoms. The SMILES string of the molecule is CCC(=O)N1c2ccccc2[C@H](Nc2ccc(NC(=O)CCCC(=O)NC34CC(NCc5cc(O)cc(-c6c(C)noc6C)c5)(C3)C4)cc2)C[C@@H]1C. The second-order valence-corrected chi connectivity index (χ2v) is 15.0. The molecule has 0 unspecified atom stereocenters. The van der Waals surface area contributed by atoms with Gasteiger partial charge in [0.25, 0.3) is 0 Å². The first-order chi connectivity index (χ1) is 24.9. The first-order valence-electron chi connectivity index (χ1n) is 18.3. The van der Waals surface area contributed by atoms with Crippen molar-refractivity contribution in [3.8, 4) is 16.9 Å². The van der Waals surface area contributed by atoms with E-state index in [1.165, 1.54) is 0 Å².